The van der Waals surface area contributed by atoms with Crippen molar-refractivity contribution >= 4 is 5.82 Å². The summed E-state index contributed by atoms with van der Waals surface area (Å²) in [7, 11) is 0. The fourth-order valence-corrected chi connectivity index (χ4v) is 1.67. The van der Waals surface area contributed by atoms with E-state index in [1.165, 1.54) is 13.8 Å². The van der Waals surface area contributed by atoms with Gasteiger partial charge in [-0.25, -0.2) is 4.39 Å². The van der Waals surface area contributed by atoms with Crippen molar-refractivity contribution in [2.75, 3.05) is 5.73 Å². The van der Waals surface area contributed by atoms with E-state index in [1.807, 2.05) is 13.0 Å². The summed E-state index contributed by atoms with van der Waals surface area (Å²) in [6, 6.07) is 7.05. The number of halogens is 1. The molecule has 0 unspecified atom stereocenters. The Bertz CT molecular complexity index is 541. The van der Waals surface area contributed by atoms with Crippen LogP contribution in [-0.2, 0) is 5.67 Å². The van der Waals surface area contributed by atoms with Crippen molar-refractivity contribution in [1.29, 1.82) is 0 Å². The molecule has 0 saturated heterocycles. The first kappa shape index (κ1) is 11.6. The molecule has 0 bridgehead atoms. The fourth-order valence-electron chi connectivity index (χ4n) is 1.67. The molecule has 0 atom stereocenters. The van der Waals surface area contributed by atoms with Crippen LogP contribution in [0.4, 0.5) is 10.2 Å². The average Bonchev–Trinajstić information content (AvgIpc) is 2.63. The van der Waals surface area contributed by atoms with Crippen molar-refractivity contribution in [1.82, 2.24) is 5.16 Å². The quantitative estimate of drug-likeness (QED) is 0.866. The fraction of sp³-hybridized carbons (Fsp3) is 0.308. The lowest BCUT2D eigenvalue weighted by Crippen LogP contribution is -2.09. The van der Waals surface area contributed by atoms with E-state index in [9.17, 15) is 4.39 Å². The second-order valence-corrected chi connectivity index (χ2v) is 4.62. The summed E-state index contributed by atoms with van der Waals surface area (Å²) in [5.74, 6) is 0.885. The Morgan fingerprint density at radius 1 is 1.29 bits per heavy atom. The number of hydrogen-bond acceptors (Lipinski definition) is 3. The topological polar surface area (TPSA) is 52.0 Å². The molecule has 0 fully saturated rings. The van der Waals surface area contributed by atoms with Crippen LogP contribution in [-0.4, -0.2) is 5.16 Å². The number of anilines is 1. The van der Waals surface area contributed by atoms with Gasteiger partial charge in [0.2, 0.25) is 0 Å². The van der Waals surface area contributed by atoms with Crippen LogP contribution in [0, 0.1) is 6.92 Å². The monoisotopic (exact) mass is 234 g/mol. The first-order chi connectivity index (χ1) is 7.88. The Hall–Kier alpha value is -1.84. The van der Waals surface area contributed by atoms with E-state index in [0.29, 0.717) is 17.1 Å². The van der Waals surface area contributed by atoms with Gasteiger partial charge in [-0.15, -0.1) is 0 Å². The average molecular weight is 234 g/mol. The summed E-state index contributed by atoms with van der Waals surface area (Å²) in [5, 5.41) is 3.63. The summed E-state index contributed by atoms with van der Waals surface area (Å²) in [5.41, 5.74) is 6.55. The van der Waals surface area contributed by atoms with Crippen LogP contribution < -0.4 is 5.73 Å². The van der Waals surface area contributed by atoms with Gasteiger partial charge < -0.3 is 10.3 Å². The number of aromatic nitrogens is 1. The Morgan fingerprint density at radius 2 is 2.00 bits per heavy atom. The van der Waals surface area contributed by atoms with E-state index >= 15 is 0 Å². The minimum absolute atomic E-state index is 0.323. The van der Waals surface area contributed by atoms with Gasteiger partial charge in [-0.3, -0.25) is 0 Å². The van der Waals surface area contributed by atoms with Gasteiger partial charge in [0.25, 0.3) is 0 Å². The summed E-state index contributed by atoms with van der Waals surface area (Å²) in [4.78, 5) is 0. The molecule has 2 aromatic rings. The lowest BCUT2D eigenvalue weighted by Gasteiger charge is -2.16. The zero-order valence-corrected chi connectivity index (χ0v) is 10.1. The molecule has 0 amide bonds. The number of alkyl halides is 1. The van der Waals surface area contributed by atoms with Gasteiger partial charge in [0.15, 0.2) is 11.6 Å². The second-order valence-electron chi connectivity index (χ2n) is 4.62. The first-order valence-electron chi connectivity index (χ1n) is 5.40. The smallest absolute Gasteiger partial charge is 0.169 e. The molecule has 2 rings (SSSR count). The van der Waals surface area contributed by atoms with Gasteiger partial charge in [-0.2, -0.15) is 0 Å². The third-order valence-electron chi connectivity index (χ3n) is 2.72. The van der Waals surface area contributed by atoms with Gasteiger partial charge in [-0.05, 0) is 38.0 Å². The zero-order chi connectivity index (χ0) is 12.6. The summed E-state index contributed by atoms with van der Waals surface area (Å²) < 4.78 is 19.0. The van der Waals surface area contributed by atoms with E-state index in [4.69, 9.17) is 10.3 Å². The number of hydrogen-bond donors (Lipinski definition) is 1. The first-order valence-corrected chi connectivity index (χ1v) is 5.40. The van der Waals surface area contributed by atoms with Crippen molar-refractivity contribution in [3.8, 4) is 11.3 Å². The van der Waals surface area contributed by atoms with Crippen LogP contribution in [0.15, 0.2) is 28.8 Å². The summed E-state index contributed by atoms with van der Waals surface area (Å²) >= 11 is 0. The third-order valence-corrected chi connectivity index (χ3v) is 2.72. The molecule has 1 aromatic heterocycles. The number of nitrogens with zero attached hydrogens (tertiary/aromatic N) is 1. The maximum atomic E-state index is 13.9. The highest BCUT2D eigenvalue weighted by Crippen LogP contribution is 2.31. The predicted octanol–water partition coefficient (Wildman–Crippen LogP) is 3.44. The Balaban J connectivity index is 2.54. The third kappa shape index (κ3) is 2.30. The maximum Gasteiger partial charge on any atom is 0.169 e. The lowest BCUT2D eigenvalue weighted by molar-refractivity contribution is 0.221. The minimum atomic E-state index is -1.38. The molecule has 0 aliphatic heterocycles. The molecule has 3 nitrogen and oxygen atoms in total. The minimum Gasteiger partial charge on any atom is -0.381 e. The summed E-state index contributed by atoms with van der Waals surface area (Å²) in [6.45, 7) is 4.98. The molecule has 1 aromatic carbocycles. The van der Waals surface area contributed by atoms with Gasteiger partial charge in [0.1, 0.15) is 5.67 Å². The zero-order valence-electron chi connectivity index (χ0n) is 10.1. The Morgan fingerprint density at radius 3 is 2.53 bits per heavy atom. The normalized spacial score (nSPS) is 11.8. The molecule has 0 aliphatic rings. The SMILES string of the molecule is Cc1ccc(C(C)(C)F)cc1-c1cc(N)no1. The van der Waals surface area contributed by atoms with Crippen LogP contribution in [0.5, 0.6) is 0 Å². The predicted molar refractivity (Wildman–Crippen MR) is 65.2 cm³/mol. The molecule has 17 heavy (non-hydrogen) atoms. The highest BCUT2D eigenvalue weighted by molar-refractivity contribution is 5.65. The van der Waals surface area contributed by atoms with Gasteiger partial charge >= 0.3 is 0 Å². The van der Waals surface area contributed by atoms with Crippen LogP contribution in [0.1, 0.15) is 25.0 Å². The molecule has 2 N–H and O–H groups in total. The molecule has 0 saturated carbocycles. The number of rotatable bonds is 2. The molecule has 90 valence electrons. The molecular weight excluding hydrogens is 219 g/mol. The van der Waals surface area contributed by atoms with E-state index in [2.05, 4.69) is 5.16 Å². The number of nitrogen functional groups attached to an aromatic ring is 1. The van der Waals surface area contributed by atoms with Crippen molar-refractivity contribution in [3.05, 3.63) is 35.4 Å². The van der Waals surface area contributed by atoms with Crippen molar-refractivity contribution in [3.63, 3.8) is 0 Å². The standard InChI is InChI=1S/C13H15FN2O/c1-8-4-5-9(13(2,3)14)6-10(8)11-7-12(15)16-17-11/h4-7H,1-3H3,(H2,15,16). The van der Waals surface area contributed by atoms with Crippen molar-refractivity contribution in [2.45, 2.75) is 26.4 Å². The van der Waals surface area contributed by atoms with Crippen LogP contribution in [0.3, 0.4) is 0 Å². The highest BCUT2D eigenvalue weighted by Gasteiger charge is 2.20. The lowest BCUT2D eigenvalue weighted by atomic mass is 9.95. The van der Waals surface area contributed by atoms with Crippen molar-refractivity contribution in [2.24, 2.45) is 0 Å². The number of nitrogens with two attached hydrogens (primary N) is 1. The van der Waals surface area contributed by atoms with Crippen LogP contribution in [0.25, 0.3) is 11.3 Å². The molecule has 0 spiro atoms. The molecular formula is C13H15FN2O. The van der Waals surface area contributed by atoms with E-state index < -0.39 is 5.67 Å². The second kappa shape index (κ2) is 3.87. The molecule has 0 radical (unpaired) electrons. The van der Waals surface area contributed by atoms with Crippen LogP contribution >= 0.6 is 0 Å². The molecule has 4 heteroatoms. The van der Waals surface area contributed by atoms with E-state index in [1.54, 1.807) is 18.2 Å². The maximum absolute atomic E-state index is 13.9. The summed E-state index contributed by atoms with van der Waals surface area (Å²) in [6.07, 6.45) is 0. The Kier molecular flexibility index (Phi) is 2.65. The Labute approximate surface area is 99.4 Å². The van der Waals surface area contributed by atoms with Crippen molar-refractivity contribution < 1.29 is 8.91 Å². The number of benzene rings is 1. The van der Waals surface area contributed by atoms with Crippen LogP contribution in [0.2, 0.25) is 0 Å². The molecule has 0 aliphatic carbocycles. The number of aryl methyl sites for hydroxylation is 1. The van der Waals surface area contributed by atoms with Gasteiger partial charge in [0, 0.05) is 11.6 Å². The van der Waals surface area contributed by atoms with Gasteiger partial charge in [-0.1, -0.05) is 17.3 Å². The van der Waals surface area contributed by atoms with Gasteiger partial charge in [0.05, 0.1) is 0 Å². The molecule has 1 heterocycles. The van der Waals surface area contributed by atoms with E-state index in [0.717, 1.165) is 11.1 Å². The highest BCUT2D eigenvalue weighted by atomic mass is 19.1. The largest absolute Gasteiger partial charge is 0.381 e. The van der Waals surface area contributed by atoms with E-state index in [-0.39, 0.29) is 0 Å².